The highest BCUT2D eigenvalue weighted by molar-refractivity contribution is 7.98. The van der Waals surface area contributed by atoms with Gasteiger partial charge in [0.2, 0.25) is 0 Å². The van der Waals surface area contributed by atoms with E-state index in [1.54, 1.807) is 11.8 Å². The van der Waals surface area contributed by atoms with Crippen LogP contribution in [-0.4, -0.2) is 14.8 Å². The molecule has 1 aliphatic rings. The first-order chi connectivity index (χ1) is 12.6. The molecule has 136 valence electrons. The number of hydrogen-bond acceptors (Lipinski definition) is 4. The molecule has 0 N–H and O–H groups in total. The lowest BCUT2D eigenvalue weighted by molar-refractivity contribution is 0.554. The molecular formula is C20H22ClN3S2. The largest absolute Gasteiger partial charge is 0.299 e. The van der Waals surface area contributed by atoms with Crippen molar-refractivity contribution in [3.8, 4) is 11.4 Å². The molecule has 1 aromatic carbocycles. The molecule has 0 amide bonds. The number of fused-ring (bicyclic) bond motifs is 1. The molecule has 3 aromatic rings. The summed E-state index contributed by atoms with van der Waals surface area (Å²) in [5.74, 6) is 1.86. The van der Waals surface area contributed by atoms with Crippen molar-refractivity contribution in [2.75, 3.05) is 0 Å². The van der Waals surface area contributed by atoms with Crippen LogP contribution in [0.1, 0.15) is 48.7 Å². The van der Waals surface area contributed by atoms with Gasteiger partial charge in [-0.2, -0.15) is 0 Å². The number of halogens is 1. The van der Waals surface area contributed by atoms with Crippen LogP contribution < -0.4 is 0 Å². The highest BCUT2D eigenvalue weighted by Crippen LogP contribution is 2.38. The second kappa shape index (κ2) is 7.75. The van der Waals surface area contributed by atoms with Gasteiger partial charge in [0.15, 0.2) is 11.0 Å². The van der Waals surface area contributed by atoms with Crippen molar-refractivity contribution in [1.29, 1.82) is 0 Å². The topological polar surface area (TPSA) is 30.7 Å². The standard InChI is InChI=1S/C20H22ClN3S2/c1-13(2)24-19(17-12-25-18-9-4-3-8-16(17)18)22-23-20(24)26-11-14-6-5-7-15(21)10-14/h5-7,10,12-13H,3-4,8-9,11H2,1-2H3. The first kappa shape index (κ1) is 18.1. The van der Waals surface area contributed by atoms with Crippen molar-refractivity contribution in [2.24, 2.45) is 0 Å². The lowest BCUT2D eigenvalue weighted by Crippen LogP contribution is -2.07. The van der Waals surface area contributed by atoms with E-state index >= 15 is 0 Å². The molecule has 0 fully saturated rings. The Balaban J connectivity index is 1.64. The van der Waals surface area contributed by atoms with Gasteiger partial charge in [0.25, 0.3) is 0 Å². The maximum atomic E-state index is 6.11. The highest BCUT2D eigenvalue weighted by atomic mass is 35.5. The summed E-state index contributed by atoms with van der Waals surface area (Å²) in [6, 6.07) is 8.34. The third-order valence-corrected chi connectivity index (χ3v) is 7.08. The zero-order valence-corrected chi connectivity index (χ0v) is 17.4. The van der Waals surface area contributed by atoms with Gasteiger partial charge in [-0.3, -0.25) is 4.57 Å². The van der Waals surface area contributed by atoms with E-state index in [1.165, 1.54) is 47.3 Å². The van der Waals surface area contributed by atoms with Crippen LogP contribution in [0.5, 0.6) is 0 Å². The van der Waals surface area contributed by atoms with Gasteiger partial charge in [-0.25, -0.2) is 0 Å². The van der Waals surface area contributed by atoms with Crippen molar-refractivity contribution in [3.63, 3.8) is 0 Å². The number of aromatic nitrogens is 3. The normalized spacial score (nSPS) is 14.0. The number of thiophene rings is 1. The Hall–Kier alpha value is -1.30. The van der Waals surface area contributed by atoms with E-state index in [0.29, 0.717) is 6.04 Å². The number of nitrogens with zero attached hydrogens (tertiary/aromatic N) is 3. The summed E-state index contributed by atoms with van der Waals surface area (Å²) in [5.41, 5.74) is 4.00. The Morgan fingerprint density at radius 3 is 2.88 bits per heavy atom. The number of hydrogen-bond donors (Lipinski definition) is 0. The minimum Gasteiger partial charge on any atom is -0.299 e. The monoisotopic (exact) mass is 403 g/mol. The molecule has 0 spiro atoms. The molecule has 1 aliphatic carbocycles. The highest BCUT2D eigenvalue weighted by Gasteiger charge is 2.23. The zero-order valence-electron chi connectivity index (χ0n) is 15.0. The van der Waals surface area contributed by atoms with Crippen LogP contribution in [0, 0.1) is 0 Å². The summed E-state index contributed by atoms with van der Waals surface area (Å²) in [6.45, 7) is 4.41. The molecule has 0 bridgehead atoms. The van der Waals surface area contributed by atoms with Crippen molar-refractivity contribution in [2.45, 2.75) is 56.5 Å². The Labute approximate surface area is 167 Å². The summed E-state index contributed by atoms with van der Waals surface area (Å²) >= 11 is 9.72. The second-order valence-corrected chi connectivity index (χ2v) is 9.29. The van der Waals surface area contributed by atoms with Crippen LogP contribution in [0.2, 0.25) is 5.02 Å². The van der Waals surface area contributed by atoms with Gasteiger partial charge >= 0.3 is 0 Å². The Morgan fingerprint density at radius 1 is 1.23 bits per heavy atom. The van der Waals surface area contributed by atoms with E-state index in [1.807, 2.05) is 29.5 Å². The van der Waals surface area contributed by atoms with Crippen LogP contribution in [0.15, 0.2) is 34.8 Å². The quantitative estimate of drug-likeness (QED) is 0.461. The van der Waals surface area contributed by atoms with Gasteiger partial charge in [0.05, 0.1) is 0 Å². The van der Waals surface area contributed by atoms with Gasteiger partial charge in [-0.1, -0.05) is 35.5 Å². The maximum absolute atomic E-state index is 6.11. The first-order valence-corrected chi connectivity index (χ1v) is 11.3. The van der Waals surface area contributed by atoms with Crippen LogP contribution in [0.3, 0.4) is 0 Å². The summed E-state index contributed by atoms with van der Waals surface area (Å²) < 4.78 is 2.28. The molecule has 2 aromatic heterocycles. The molecule has 0 saturated carbocycles. The van der Waals surface area contributed by atoms with Gasteiger partial charge < -0.3 is 0 Å². The average molecular weight is 404 g/mol. The third-order valence-electron chi connectivity index (χ3n) is 4.74. The molecule has 0 atom stereocenters. The van der Waals surface area contributed by atoms with Gasteiger partial charge in [-0.15, -0.1) is 21.5 Å². The van der Waals surface area contributed by atoms with E-state index in [-0.39, 0.29) is 0 Å². The fourth-order valence-electron chi connectivity index (χ4n) is 3.48. The van der Waals surface area contributed by atoms with Crippen LogP contribution in [0.4, 0.5) is 0 Å². The second-order valence-electron chi connectivity index (χ2n) is 6.95. The number of aryl methyl sites for hydroxylation is 1. The SMILES string of the molecule is CC(C)n1c(SCc2cccc(Cl)c2)nnc1-c1csc2c1CCCC2. The Morgan fingerprint density at radius 2 is 2.08 bits per heavy atom. The van der Waals surface area contributed by atoms with Gasteiger partial charge in [0, 0.05) is 32.6 Å². The number of rotatable bonds is 5. The van der Waals surface area contributed by atoms with Crippen LogP contribution >= 0.6 is 34.7 Å². The maximum Gasteiger partial charge on any atom is 0.192 e. The van der Waals surface area contributed by atoms with Crippen molar-refractivity contribution in [1.82, 2.24) is 14.8 Å². The van der Waals surface area contributed by atoms with E-state index in [0.717, 1.165) is 21.8 Å². The predicted octanol–water partition coefficient (Wildman–Crippen LogP) is 6.41. The van der Waals surface area contributed by atoms with Crippen LogP contribution in [-0.2, 0) is 18.6 Å². The van der Waals surface area contributed by atoms with E-state index in [4.69, 9.17) is 11.6 Å². The molecule has 0 unspecified atom stereocenters. The van der Waals surface area contributed by atoms with Crippen molar-refractivity contribution >= 4 is 34.7 Å². The number of benzene rings is 1. The summed E-state index contributed by atoms with van der Waals surface area (Å²) in [6.07, 6.45) is 4.98. The molecule has 0 saturated heterocycles. The molecule has 0 radical (unpaired) electrons. The lowest BCUT2D eigenvalue weighted by atomic mass is 9.95. The van der Waals surface area contributed by atoms with E-state index < -0.39 is 0 Å². The molecule has 2 heterocycles. The van der Waals surface area contributed by atoms with Gasteiger partial charge in [-0.05, 0) is 62.8 Å². The molecule has 26 heavy (non-hydrogen) atoms. The zero-order chi connectivity index (χ0) is 18.1. The average Bonchev–Trinajstić information content (AvgIpc) is 3.23. The van der Waals surface area contributed by atoms with E-state index in [2.05, 4.69) is 40.1 Å². The van der Waals surface area contributed by atoms with Gasteiger partial charge in [0.1, 0.15) is 0 Å². The molecule has 4 rings (SSSR count). The summed E-state index contributed by atoms with van der Waals surface area (Å²) in [5, 5.41) is 13.2. The first-order valence-electron chi connectivity index (χ1n) is 9.05. The Kier molecular flexibility index (Phi) is 5.39. The summed E-state index contributed by atoms with van der Waals surface area (Å²) in [7, 11) is 0. The molecule has 3 nitrogen and oxygen atoms in total. The van der Waals surface area contributed by atoms with Crippen molar-refractivity contribution < 1.29 is 0 Å². The smallest absolute Gasteiger partial charge is 0.192 e. The minimum absolute atomic E-state index is 0.320. The summed E-state index contributed by atoms with van der Waals surface area (Å²) in [4.78, 5) is 1.54. The van der Waals surface area contributed by atoms with Crippen LogP contribution in [0.25, 0.3) is 11.4 Å². The minimum atomic E-state index is 0.320. The molecule has 0 aliphatic heterocycles. The fraction of sp³-hybridized carbons (Fsp3) is 0.400. The lowest BCUT2D eigenvalue weighted by Gasteiger charge is -2.16. The third kappa shape index (κ3) is 3.57. The number of thioether (sulfide) groups is 1. The molecule has 6 heteroatoms. The predicted molar refractivity (Wildman–Crippen MR) is 111 cm³/mol. The fourth-order valence-corrected chi connectivity index (χ4v) is 5.83. The van der Waals surface area contributed by atoms with Crippen molar-refractivity contribution in [3.05, 3.63) is 50.7 Å². The van der Waals surface area contributed by atoms with E-state index in [9.17, 15) is 0 Å². The Bertz CT molecular complexity index is 914. The molecular weight excluding hydrogens is 382 g/mol.